The van der Waals surface area contributed by atoms with Gasteiger partial charge in [-0.3, -0.25) is 19.9 Å². The van der Waals surface area contributed by atoms with E-state index in [1.165, 1.54) is 6.07 Å². The van der Waals surface area contributed by atoms with Gasteiger partial charge in [0.2, 0.25) is 5.91 Å². The Bertz CT molecular complexity index is 731. The molecule has 2 aromatic rings. The van der Waals surface area contributed by atoms with Crippen molar-refractivity contribution in [2.75, 3.05) is 18.0 Å². The third-order valence-electron chi connectivity index (χ3n) is 3.85. The van der Waals surface area contributed by atoms with E-state index in [0.717, 1.165) is 5.69 Å². The van der Waals surface area contributed by atoms with Gasteiger partial charge in [0.15, 0.2) is 0 Å². The smallest absolute Gasteiger partial charge is 0.278 e. The predicted octanol–water partition coefficient (Wildman–Crippen LogP) is 1.45. The van der Waals surface area contributed by atoms with Crippen LogP contribution in [0.4, 0.5) is 11.4 Å². The van der Waals surface area contributed by atoms with Crippen LogP contribution in [0, 0.1) is 16.0 Å². The summed E-state index contributed by atoms with van der Waals surface area (Å²) in [5.41, 5.74) is 6.76. The zero-order chi connectivity index (χ0) is 15.0. The molecule has 1 unspecified atom stereocenters. The highest BCUT2D eigenvalue weighted by Gasteiger charge is 2.28. The number of non-ortho nitro benzene ring substituents is 1. The first-order valence-electron chi connectivity index (χ1n) is 6.64. The van der Waals surface area contributed by atoms with Gasteiger partial charge in [-0.2, -0.15) is 0 Å². The summed E-state index contributed by atoms with van der Waals surface area (Å²) >= 11 is 0. The maximum atomic E-state index is 11.3. The second kappa shape index (κ2) is 5.01. The maximum absolute atomic E-state index is 11.3. The normalized spacial score (nSPS) is 18.1. The number of carbonyl (C=O) groups excluding carboxylic acids is 1. The Morgan fingerprint density at radius 2 is 2.24 bits per heavy atom. The van der Waals surface area contributed by atoms with Crippen molar-refractivity contribution in [2.24, 2.45) is 11.7 Å². The molecular formula is C14H14N4O3. The van der Waals surface area contributed by atoms with Crippen molar-refractivity contribution in [3.63, 3.8) is 0 Å². The molecule has 0 bridgehead atoms. The Morgan fingerprint density at radius 3 is 2.90 bits per heavy atom. The topological polar surface area (TPSA) is 102 Å². The van der Waals surface area contributed by atoms with Crippen molar-refractivity contribution < 1.29 is 9.72 Å². The molecule has 1 aromatic heterocycles. The van der Waals surface area contributed by atoms with E-state index in [1.54, 1.807) is 24.4 Å². The average Bonchev–Trinajstić information content (AvgIpc) is 2.95. The molecule has 0 spiro atoms. The second-order valence-corrected chi connectivity index (χ2v) is 5.09. The van der Waals surface area contributed by atoms with Crippen molar-refractivity contribution in [1.82, 2.24) is 4.98 Å². The van der Waals surface area contributed by atoms with Gasteiger partial charge in [0, 0.05) is 25.4 Å². The SMILES string of the molecule is NC(=O)C1CCN(c2ccc([N+](=O)[O-])c3cccnc23)C1. The van der Waals surface area contributed by atoms with Crippen LogP contribution in [0.25, 0.3) is 10.9 Å². The van der Waals surface area contributed by atoms with Gasteiger partial charge in [0.1, 0.15) is 5.52 Å². The van der Waals surface area contributed by atoms with E-state index in [9.17, 15) is 14.9 Å². The minimum Gasteiger partial charge on any atom is -0.369 e. The number of hydrogen-bond donors (Lipinski definition) is 1. The molecule has 2 heterocycles. The van der Waals surface area contributed by atoms with E-state index in [4.69, 9.17) is 5.73 Å². The molecule has 1 atom stereocenters. The Labute approximate surface area is 120 Å². The molecule has 0 saturated carbocycles. The molecular weight excluding hydrogens is 272 g/mol. The molecule has 7 heteroatoms. The third-order valence-corrected chi connectivity index (χ3v) is 3.85. The largest absolute Gasteiger partial charge is 0.369 e. The molecule has 1 fully saturated rings. The summed E-state index contributed by atoms with van der Waals surface area (Å²) < 4.78 is 0. The lowest BCUT2D eigenvalue weighted by molar-refractivity contribution is -0.383. The van der Waals surface area contributed by atoms with Crippen LogP contribution >= 0.6 is 0 Å². The number of carbonyl (C=O) groups is 1. The monoisotopic (exact) mass is 286 g/mol. The number of anilines is 1. The van der Waals surface area contributed by atoms with Crippen LogP contribution in [0.1, 0.15) is 6.42 Å². The standard InChI is InChI=1S/C14H14N4O3/c15-14(19)9-5-7-17(8-9)12-4-3-11(18(20)21)10-2-1-6-16-13(10)12/h1-4,6,9H,5,7-8H2,(H2,15,19). The summed E-state index contributed by atoms with van der Waals surface area (Å²) in [5.74, 6) is -0.490. The minimum atomic E-state index is -0.413. The van der Waals surface area contributed by atoms with Gasteiger partial charge in [0.25, 0.3) is 5.69 Å². The first kappa shape index (κ1) is 13.3. The summed E-state index contributed by atoms with van der Waals surface area (Å²) in [7, 11) is 0. The van der Waals surface area contributed by atoms with Crippen molar-refractivity contribution in [1.29, 1.82) is 0 Å². The number of benzene rings is 1. The predicted molar refractivity (Wildman–Crippen MR) is 77.9 cm³/mol. The molecule has 1 aromatic carbocycles. The summed E-state index contributed by atoms with van der Waals surface area (Å²) in [6, 6.07) is 6.54. The van der Waals surface area contributed by atoms with Gasteiger partial charge in [-0.05, 0) is 24.6 Å². The van der Waals surface area contributed by atoms with Gasteiger partial charge >= 0.3 is 0 Å². The summed E-state index contributed by atoms with van der Waals surface area (Å²) in [4.78, 5) is 28.2. The highest BCUT2D eigenvalue weighted by molar-refractivity contribution is 5.97. The van der Waals surface area contributed by atoms with Crippen molar-refractivity contribution in [2.45, 2.75) is 6.42 Å². The zero-order valence-corrected chi connectivity index (χ0v) is 11.2. The number of nitro groups is 1. The number of rotatable bonds is 3. The first-order chi connectivity index (χ1) is 10.1. The van der Waals surface area contributed by atoms with E-state index >= 15 is 0 Å². The van der Waals surface area contributed by atoms with Crippen LogP contribution in [-0.4, -0.2) is 28.9 Å². The van der Waals surface area contributed by atoms with Gasteiger partial charge in [-0.25, -0.2) is 0 Å². The van der Waals surface area contributed by atoms with Gasteiger partial charge in [0.05, 0.1) is 21.9 Å². The number of amides is 1. The number of nitrogens with two attached hydrogens (primary N) is 1. The lowest BCUT2D eigenvalue weighted by Crippen LogP contribution is -2.27. The highest BCUT2D eigenvalue weighted by atomic mass is 16.6. The molecule has 0 radical (unpaired) electrons. The molecule has 1 amide bonds. The molecule has 3 rings (SSSR count). The van der Waals surface area contributed by atoms with E-state index in [2.05, 4.69) is 4.98 Å². The fourth-order valence-electron chi connectivity index (χ4n) is 2.77. The lowest BCUT2D eigenvalue weighted by Gasteiger charge is -2.19. The molecule has 1 saturated heterocycles. The van der Waals surface area contributed by atoms with E-state index < -0.39 is 4.92 Å². The number of fused-ring (bicyclic) bond motifs is 1. The lowest BCUT2D eigenvalue weighted by atomic mass is 10.1. The number of nitro benzene ring substituents is 1. The number of nitrogens with zero attached hydrogens (tertiary/aromatic N) is 3. The number of pyridine rings is 1. The molecule has 1 aliphatic rings. The Balaban J connectivity index is 2.07. The third kappa shape index (κ3) is 2.26. The molecule has 0 aliphatic carbocycles. The highest BCUT2D eigenvalue weighted by Crippen LogP contribution is 2.34. The van der Waals surface area contributed by atoms with Gasteiger partial charge in [-0.15, -0.1) is 0 Å². The van der Waals surface area contributed by atoms with Crippen LogP contribution in [-0.2, 0) is 4.79 Å². The van der Waals surface area contributed by atoms with E-state index in [1.807, 2.05) is 4.90 Å². The van der Waals surface area contributed by atoms with E-state index in [-0.39, 0.29) is 17.5 Å². The fraction of sp³-hybridized carbons (Fsp3) is 0.286. The number of hydrogen-bond acceptors (Lipinski definition) is 5. The Morgan fingerprint density at radius 1 is 1.43 bits per heavy atom. The van der Waals surface area contributed by atoms with Crippen molar-refractivity contribution in [3.8, 4) is 0 Å². The summed E-state index contributed by atoms with van der Waals surface area (Å²) in [6.07, 6.45) is 2.30. The van der Waals surface area contributed by atoms with Crippen LogP contribution in [0.2, 0.25) is 0 Å². The zero-order valence-electron chi connectivity index (χ0n) is 11.2. The molecule has 1 aliphatic heterocycles. The number of aromatic nitrogens is 1. The summed E-state index contributed by atoms with van der Waals surface area (Å²) in [5, 5.41) is 11.6. The average molecular weight is 286 g/mol. The van der Waals surface area contributed by atoms with Crippen molar-refractivity contribution >= 4 is 28.2 Å². The second-order valence-electron chi connectivity index (χ2n) is 5.09. The van der Waals surface area contributed by atoms with Crippen LogP contribution in [0.15, 0.2) is 30.5 Å². The minimum absolute atomic E-state index is 0.0347. The Kier molecular flexibility index (Phi) is 3.17. The van der Waals surface area contributed by atoms with Crippen LogP contribution in [0.3, 0.4) is 0 Å². The molecule has 7 nitrogen and oxygen atoms in total. The summed E-state index contributed by atoms with van der Waals surface area (Å²) in [6.45, 7) is 1.22. The van der Waals surface area contributed by atoms with Gasteiger partial charge in [-0.1, -0.05) is 0 Å². The molecule has 108 valence electrons. The Hall–Kier alpha value is -2.70. The fourth-order valence-corrected chi connectivity index (χ4v) is 2.77. The maximum Gasteiger partial charge on any atom is 0.278 e. The number of primary amides is 1. The molecule has 2 N–H and O–H groups in total. The first-order valence-corrected chi connectivity index (χ1v) is 6.64. The van der Waals surface area contributed by atoms with Crippen LogP contribution < -0.4 is 10.6 Å². The van der Waals surface area contributed by atoms with E-state index in [0.29, 0.717) is 30.4 Å². The quantitative estimate of drug-likeness (QED) is 0.679. The van der Waals surface area contributed by atoms with Crippen LogP contribution in [0.5, 0.6) is 0 Å². The van der Waals surface area contributed by atoms with Gasteiger partial charge < -0.3 is 10.6 Å². The molecule has 21 heavy (non-hydrogen) atoms. The van der Waals surface area contributed by atoms with Crippen molar-refractivity contribution in [3.05, 3.63) is 40.6 Å².